The third kappa shape index (κ3) is 6.09. The molecule has 5 nitrogen and oxygen atoms in total. The van der Waals surface area contributed by atoms with Crippen molar-refractivity contribution in [3.63, 3.8) is 0 Å². The van der Waals surface area contributed by atoms with E-state index in [2.05, 4.69) is 50.6 Å². The number of aromatic nitrogens is 1. The zero-order chi connectivity index (χ0) is 24.8. The van der Waals surface area contributed by atoms with E-state index in [0.29, 0.717) is 35.5 Å². The zero-order valence-electron chi connectivity index (χ0n) is 20.6. The Hall–Kier alpha value is -3.05. The number of benzene rings is 2. The fraction of sp³-hybridized carbons (Fsp3) is 0.357. The van der Waals surface area contributed by atoms with Crippen LogP contribution in [0.2, 0.25) is 5.02 Å². The van der Waals surface area contributed by atoms with Crippen molar-refractivity contribution in [3.05, 3.63) is 76.6 Å². The van der Waals surface area contributed by atoms with Gasteiger partial charge in [0.15, 0.2) is 0 Å². The van der Waals surface area contributed by atoms with Crippen molar-refractivity contribution in [1.29, 1.82) is 0 Å². The van der Waals surface area contributed by atoms with Gasteiger partial charge in [-0.2, -0.15) is 0 Å². The van der Waals surface area contributed by atoms with Gasteiger partial charge in [0.2, 0.25) is 0 Å². The van der Waals surface area contributed by atoms with Crippen LogP contribution in [0.25, 0.3) is 17.0 Å². The lowest BCUT2D eigenvalue weighted by atomic mass is 10.1. The van der Waals surface area contributed by atoms with Crippen LogP contribution in [0, 0.1) is 11.8 Å². The number of nitrogens with one attached hydrogen (secondary N) is 1. The van der Waals surface area contributed by atoms with E-state index < -0.39 is 5.91 Å². The molecule has 0 fully saturated rings. The number of hydrogen-bond acceptors (Lipinski definition) is 2. The molecule has 0 atom stereocenters. The maximum Gasteiger partial charge on any atom is 0.270 e. The summed E-state index contributed by atoms with van der Waals surface area (Å²) < 4.78 is 2.14. The molecule has 6 heteroatoms. The molecule has 1 aromatic heterocycles. The lowest BCUT2D eigenvalue weighted by Gasteiger charge is -2.27. The van der Waals surface area contributed by atoms with Crippen LogP contribution in [0.5, 0.6) is 0 Å². The molecule has 34 heavy (non-hydrogen) atoms. The van der Waals surface area contributed by atoms with Gasteiger partial charge in [-0.3, -0.25) is 9.59 Å². The fourth-order valence-electron chi connectivity index (χ4n) is 4.09. The van der Waals surface area contributed by atoms with Gasteiger partial charge in [0.05, 0.1) is 10.6 Å². The predicted octanol–water partition coefficient (Wildman–Crippen LogP) is 6.23. The molecular weight excluding hydrogens is 446 g/mol. The molecule has 0 aliphatic heterocycles. The molecule has 0 saturated carbocycles. The number of nitrogens with zero attached hydrogens (tertiary/aromatic N) is 2. The van der Waals surface area contributed by atoms with E-state index in [1.54, 1.807) is 30.3 Å². The first-order chi connectivity index (χ1) is 16.2. The smallest absolute Gasteiger partial charge is 0.270 e. The Morgan fingerprint density at radius 2 is 1.62 bits per heavy atom. The van der Waals surface area contributed by atoms with Gasteiger partial charge in [0, 0.05) is 42.3 Å². The highest BCUT2D eigenvalue weighted by molar-refractivity contribution is 6.34. The van der Waals surface area contributed by atoms with Crippen LogP contribution < -0.4 is 5.32 Å². The summed E-state index contributed by atoms with van der Waals surface area (Å²) in [5, 5.41) is 4.25. The standard InChI is InChI=1S/C28H34ClN3O2/c1-6-31-18-21(22-11-8-10-14-26(22)31)15-25(28(34)32(16-19(2)3)17-20(4)5)30-27(33)23-12-7-9-13-24(23)29/h7-15,18-20H,6,16-17H2,1-5H3,(H,30,33). The number of amides is 2. The molecule has 2 amide bonds. The average Bonchev–Trinajstić information content (AvgIpc) is 3.15. The number of halogens is 1. The summed E-state index contributed by atoms with van der Waals surface area (Å²) >= 11 is 6.26. The van der Waals surface area contributed by atoms with E-state index in [1.165, 1.54) is 0 Å². The van der Waals surface area contributed by atoms with E-state index in [0.717, 1.165) is 23.0 Å². The highest BCUT2D eigenvalue weighted by Crippen LogP contribution is 2.24. The lowest BCUT2D eigenvalue weighted by molar-refractivity contribution is -0.128. The van der Waals surface area contributed by atoms with E-state index in [-0.39, 0.29) is 11.6 Å². The molecular formula is C28H34ClN3O2. The topological polar surface area (TPSA) is 54.3 Å². The van der Waals surface area contributed by atoms with Crippen molar-refractivity contribution in [3.8, 4) is 0 Å². The summed E-state index contributed by atoms with van der Waals surface area (Å²) in [6.07, 6.45) is 3.81. The van der Waals surface area contributed by atoms with E-state index in [4.69, 9.17) is 11.6 Å². The Bertz CT molecular complexity index is 1180. The van der Waals surface area contributed by atoms with Crippen molar-refractivity contribution >= 4 is 40.4 Å². The molecule has 0 unspecified atom stereocenters. The van der Waals surface area contributed by atoms with Crippen LogP contribution in [-0.4, -0.2) is 34.4 Å². The Morgan fingerprint density at radius 1 is 1.00 bits per heavy atom. The second kappa shape index (κ2) is 11.4. The van der Waals surface area contributed by atoms with Crippen LogP contribution >= 0.6 is 11.6 Å². The molecule has 1 N–H and O–H groups in total. The number of para-hydroxylation sites is 1. The first-order valence-corrected chi connectivity index (χ1v) is 12.2. The van der Waals surface area contributed by atoms with Gasteiger partial charge in [0.1, 0.15) is 5.70 Å². The minimum Gasteiger partial charge on any atom is -0.347 e. The van der Waals surface area contributed by atoms with Crippen LogP contribution in [0.3, 0.4) is 0 Å². The number of rotatable bonds is 9. The summed E-state index contributed by atoms with van der Waals surface area (Å²) in [7, 11) is 0. The van der Waals surface area contributed by atoms with Crippen molar-refractivity contribution in [2.24, 2.45) is 11.8 Å². The first kappa shape index (κ1) is 25.6. The molecule has 0 spiro atoms. The van der Waals surface area contributed by atoms with E-state index in [9.17, 15) is 9.59 Å². The van der Waals surface area contributed by atoms with Gasteiger partial charge in [-0.15, -0.1) is 0 Å². The molecule has 0 radical (unpaired) electrons. The summed E-state index contributed by atoms with van der Waals surface area (Å²) in [5.74, 6) is -0.00921. The normalized spacial score (nSPS) is 11.9. The van der Waals surface area contributed by atoms with Gasteiger partial charge < -0.3 is 14.8 Å². The SMILES string of the molecule is CCn1cc(C=C(NC(=O)c2ccccc2Cl)C(=O)N(CC(C)C)CC(C)C)c2ccccc21. The second-order valence-electron chi connectivity index (χ2n) is 9.38. The lowest BCUT2D eigenvalue weighted by Crippen LogP contribution is -2.42. The van der Waals surface area contributed by atoms with Crippen molar-refractivity contribution in [2.75, 3.05) is 13.1 Å². The predicted molar refractivity (Wildman–Crippen MR) is 141 cm³/mol. The molecule has 3 rings (SSSR count). The quantitative estimate of drug-likeness (QED) is 0.370. The third-order valence-electron chi connectivity index (χ3n) is 5.52. The first-order valence-electron chi connectivity index (χ1n) is 11.9. The summed E-state index contributed by atoms with van der Waals surface area (Å²) in [4.78, 5) is 28.8. The number of carbonyl (C=O) groups excluding carboxylic acids is 2. The second-order valence-corrected chi connectivity index (χ2v) is 9.78. The number of aryl methyl sites for hydroxylation is 1. The molecule has 2 aromatic carbocycles. The Morgan fingerprint density at radius 3 is 2.24 bits per heavy atom. The highest BCUT2D eigenvalue weighted by atomic mass is 35.5. The Balaban J connectivity index is 2.09. The molecule has 180 valence electrons. The Labute approximate surface area is 207 Å². The van der Waals surface area contributed by atoms with Crippen molar-refractivity contribution < 1.29 is 9.59 Å². The number of carbonyl (C=O) groups is 2. The monoisotopic (exact) mass is 479 g/mol. The van der Waals surface area contributed by atoms with Gasteiger partial charge in [-0.25, -0.2) is 0 Å². The number of hydrogen-bond donors (Lipinski definition) is 1. The van der Waals surface area contributed by atoms with Gasteiger partial charge in [0.25, 0.3) is 11.8 Å². The molecule has 0 aliphatic rings. The van der Waals surface area contributed by atoms with Gasteiger partial charge in [-0.05, 0) is 43.0 Å². The van der Waals surface area contributed by atoms with Crippen LogP contribution in [0.4, 0.5) is 0 Å². The summed E-state index contributed by atoms with van der Waals surface area (Å²) in [6.45, 7) is 12.4. The molecule has 1 heterocycles. The Kier molecular flexibility index (Phi) is 8.56. The van der Waals surface area contributed by atoms with Crippen LogP contribution in [0.15, 0.2) is 60.4 Å². The molecule has 0 bridgehead atoms. The van der Waals surface area contributed by atoms with E-state index >= 15 is 0 Å². The highest BCUT2D eigenvalue weighted by Gasteiger charge is 2.23. The molecule has 0 aliphatic carbocycles. The largest absolute Gasteiger partial charge is 0.347 e. The minimum absolute atomic E-state index is 0.198. The zero-order valence-corrected chi connectivity index (χ0v) is 21.4. The van der Waals surface area contributed by atoms with Crippen molar-refractivity contribution in [1.82, 2.24) is 14.8 Å². The number of fused-ring (bicyclic) bond motifs is 1. The maximum atomic E-state index is 13.8. The summed E-state index contributed by atoms with van der Waals surface area (Å²) in [6, 6.07) is 14.9. The van der Waals surface area contributed by atoms with Gasteiger partial charge >= 0.3 is 0 Å². The van der Waals surface area contributed by atoms with Crippen LogP contribution in [0.1, 0.15) is 50.5 Å². The van der Waals surface area contributed by atoms with Gasteiger partial charge in [-0.1, -0.05) is 69.6 Å². The minimum atomic E-state index is -0.404. The van der Waals surface area contributed by atoms with Crippen LogP contribution in [-0.2, 0) is 11.3 Å². The van der Waals surface area contributed by atoms with Crippen molar-refractivity contribution in [2.45, 2.75) is 41.2 Å². The third-order valence-corrected chi connectivity index (χ3v) is 5.84. The summed E-state index contributed by atoms with van der Waals surface area (Å²) in [5.41, 5.74) is 2.54. The molecule has 0 saturated heterocycles. The maximum absolute atomic E-state index is 13.8. The van der Waals surface area contributed by atoms with E-state index in [1.807, 2.05) is 29.3 Å². The average molecular weight is 480 g/mol. The fourth-order valence-corrected chi connectivity index (χ4v) is 4.31. The molecule has 3 aromatic rings.